The summed E-state index contributed by atoms with van der Waals surface area (Å²) < 4.78 is 5.95. The van der Waals surface area contributed by atoms with Crippen LogP contribution in [0.4, 0.5) is 0 Å². The van der Waals surface area contributed by atoms with Gasteiger partial charge in [0.05, 0.1) is 15.6 Å². The highest BCUT2D eigenvalue weighted by Gasteiger charge is 2.33. The van der Waals surface area contributed by atoms with Crippen molar-refractivity contribution in [2.24, 2.45) is 0 Å². The number of methoxy groups -OCH3 is 1. The number of nitrogens with zero attached hydrogens (tertiary/aromatic N) is 1. The summed E-state index contributed by atoms with van der Waals surface area (Å²) in [6.45, 7) is 0. The summed E-state index contributed by atoms with van der Waals surface area (Å²) in [4.78, 5) is 25.3. The lowest BCUT2D eigenvalue weighted by Crippen LogP contribution is -2.44. The zero-order chi connectivity index (χ0) is 19.6. The number of phenolic OH excluding ortho intramolecular Hbond substituents is 1. The molecule has 0 aromatic heterocycles. The Morgan fingerprint density at radius 2 is 2.04 bits per heavy atom. The van der Waals surface area contributed by atoms with E-state index in [2.05, 4.69) is 5.43 Å². The van der Waals surface area contributed by atoms with Crippen LogP contribution in [0.3, 0.4) is 0 Å². The second-order valence-corrected chi connectivity index (χ2v) is 8.22. The number of hydrogen-bond acceptors (Lipinski definition) is 6. The lowest BCUT2D eigenvalue weighted by Gasteiger charge is -2.15. The van der Waals surface area contributed by atoms with Gasteiger partial charge in [0, 0.05) is 5.56 Å². The molecule has 0 spiro atoms. The largest absolute Gasteiger partial charge is 0.504 e. The van der Waals surface area contributed by atoms with E-state index in [1.54, 1.807) is 48.5 Å². The van der Waals surface area contributed by atoms with Crippen molar-refractivity contribution < 1.29 is 19.4 Å². The molecule has 2 N–H and O–H groups in total. The second kappa shape index (κ2) is 8.28. The fourth-order valence-electron chi connectivity index (χ4n) is 2.30. The van der Waals surface area contributed by atoms with Gasteiger partial charge in [-0.05, 0) is 70.7 Å². The maximum Gasteiger partial charge on any atom is 0.285 e. The first-order valence-corrected chi connectivity index (χ1v) is 9.91. The SMILES string of the molecule is COc1cc(/C=C2/SC(=S)N(NC(=O)c3ccccc3)C2=O)cc(I)c1O. The van der Waals surface area contributed by atoms with Gasteiger partial charge >= 0.3 is 0 Å². The summed E-state index contributed by atoms with van der Waals surface area (Å²) in [6.07, 6.45) is 1.64. The van der Waals surface area contributed by atoms with Crippen molar-refractivity contribution in [1.82, 2.24) is 10.4 Å². The lowest BCUT2D eigenvalue weighted by atomic mass is 10.2. The molecule has 0 unspecified atom stereocenters. The van der Waals surface area contributed by atoms with Crippen molar-refractivity contribution in [3.63, 3.8) is 0 Å². The van der Waals surface area contributed by atoms with Crippen LogP contribution < -0.4 is 10.2 Å². The molecule has 0 radical (unpaired) electrons. The van der Waals surface area contributed by atoms with Gasteiger partial charge in [-0.3, -0.25) is 15.0 Å². The van der Waals surface area contributed by atoms with Crippen LogP contribution in [-0.4, -0.2) is 33.4 Å². The summed E-state index contributed by atoms with van der Waals surface area (Å²) in [5, 5.41) is 11.0. The van der Waals surface area contributed by atoms with Gasteiger partial charge in [0.15, 0.2) is 15.8 Å². The fraction of sp³-hybridized carbons (Fsp3) is 0.0556. The van der Waals surface area contributed by atoms with Crippen LogP contribution in [0.1, 0.15) is 15.9 Å². The minimum Gasteiger partial charge on any atom is -0.504 e. The van der Waals surface area contributed by atoms with E-state index in [4.69, 9.17) is 17.0 Å². The van der Waals surface area contributed by atoms with E-state index in [0.717, 1.165) is 16.8 Å². The third-order valence-electron chi connectivity index (χ3n) is 3.61. The summed E-state index contributed by atoms with van der Waals surface area (Å²) in [7, 11) is 1.45. The Morgan fingerprint density at radius 1 is 1.33 bits per heavy atom. The number of carbonyl (C=O) groups excluding carboxylic acids is 2. The van der Waals surface area contributed by atoms with Gasteiger partial charge in [-0.25, -0.2) is 0 Å². The number of hydrogen-bond donors (Lipinski definition) is 2. The van der Waals surface area contributed by atoms with E-state index in [-0.39, 0.29) is 10.1 Å². The number of thioether (sulfide) groups is 1. The predicted molar refractivity (Wildman–Crippen MR) is 116 cm³/mol. The Morgan fingerprint density at radius 3 is 2.70 bits per heavy atom. The molecule has 1 saturated heterocycles. The van der Waals surface area contributed by atoms with Crippen LogP contribution in [0.25, 0.3) is 6.08 Å². The number of thiocarbonyl (C=S) groups is 1. The van der Waals surface area contributed by atoms with Crippen molar-refractivity contribution in [2.45, 2.75) is 0 Å². The molecule has 1 aliphatic rings. The summed E-state index contributed by atoms with van der Waals surface area (Å²) in [5.41, 5.74) is 3.62. The molecule has 3 rings (SSSR count). The topological polar surface area (TPSA) is 78.9 Å². The molecule has 0 aliphatic carbocycles. The second-order valence-electron chi connectivity index (χ2n) is 5.38. The van der Waals surface area contributed by atoms with Crippen molar-refractivity contribution in [3.8, 4) is 11.5 Å². The zero-order valence-corrected chi connectivity index (χ0v) is 17.7. The van der Waals surface area contributed by atoms with E-state index in [0.29, 0.717) is 25.4 Å². The van der Waals surface area contributed by atoms with Crippen LogP contribution in [0.15, 0.2) is 47.4 Å². The van der Waals surface area contributed by atoms with Crippen molar-refractivity contribution in [1.29, 1.82) is 0 Å². The Bertz CT molecular complexity index is 963. The van der Waals surface area contributed by atoms with E-state index < -0.39 is 11.8 Å². The molecule has 0 atom stereocenters. The first kappa shape index (κ1) is 19.6. The molecule has 2 amide bonds. The highest BCUT2D eigenvalue weighted by atomic mass is 127. The lowest BCUT2D eigenvalue weighted by molar-refractivity contribution is -0.123. The molecule has 1 heterocycles. The van der Waals surface area contributed by atoms with Crippen LogP contribution >= 0.6 is 46.6 Å². The van der Waals surface area contributed by atoms with Gasteiger partial charge in [-0.2, -0.15) is 5.01 Å². The van der Waals surface area contributed by atoms with E-state index in [9.17, 15) is 14.7 Å². The van der Waals surface area contributed by atoms with E-state index in [1.165, 1.54) is 7.11 Å². The quantitative estimate of drug-likeness (QED) is 0.371. The molecule has 27 heavy (non-hydrogen) atoms. The Balaban J connectivity index is 1.83. The number of hydrazine groups is 1. The third-order valence-corrected chi connectivity index (χ3v) is 5.74. The zero-order valence-electron chi connectivity index (χ0n) is 13.9. The highest BCUT2D eigenvalue weighted by molar-refractivity contribution is 14.1. The standard InChI is InChI=1S/C18H13IN2O4S2/c1-25-13-8-10(7-12(19)15(13)22)9-14-17(24)21(18(26)27-14)20-16(23)11-5-3-2-4-6-11/h2-9,22H,1H3,(H,20,23)/b14-9+. The number of rotatable bonds is 4. The van der Waals surface area contributed by atoms with Gasteiger partial charge in [0.2, 0.25) is 0 Å². The number of nitrogens with one attached hydrogen (secondary N) is 1. The minimum atomic E-state index is -0.422. The van der Waals surface area contributed by atoms with Gasteiger partial charge < -0.3 is 9.84 Å². The van der Waals surface area contributed by atoms with Crippen LogP contribution in [0.2, 0.25) is 0 Å². The maximum atomic E-state index is 12.6. The summed E-state index contributed by atoms with van der Waals surface area (Å²) in [6, 6.07) is 11.9. The Hall–Kier alpha value is -2.11. The molecule has 0 bridgehead atoms. The van der Waals surface area contributed by atoms with Crippen molar-refractivity contribution in [2.75, 3.05) is 7.11 Å². The Labute approximate surface area is 178 Å². The number of halogens is 1. The molecule has 2 aromatic carbocycles. The van der Waals surface area contributed by atoms with Gasteiger partial charge in [-0.1, -0.05) is 30.0 Å². The van der Waals surface area contributed by atoms with Crippen LogP contribution in [0, 0.1) is 3.57 Å². The molecule has 6 nitrogen and oxygen atoms in total. The summed E-state index contributed by atoms with van der Waals surface area (Å²) >= 11 is 8.28. The Kier molecular flexibility index (Phi) is 6.02. The van der Waals surface area contributed by atoms with E-state index in [1.807, 2.05) is 22.6 Å². The molecular formula is C18H13IN2O4S2. The van der Waals surface area contributed by atoms with Crippen molar-refractivity contribution in [3.05, 3.63) is 62.1 Å². The average molecular weight is 512 g/mol. The molecule has 1 fully saturated rings. The molecule has 0 saturated carbocycles. The number of ether oxygens (including phenoxy) is 1. The number of carbonyl (C=O) groups is 2. The van der Waals surface area contributed by atoms with Gasteiger partial charge in [0.25, 0.3) is 11.8 Å². The first-order chi connectivity index (χ1) is 12.9. The van der Waals surface area contributed by atoms with Crippen LogP contribution in [-0.2, 0) is 4.79 Å². The van der Waals surface area contributed by atoms with Gasteiger partial charge in [-0.15, -0.1) is 0 Å². The van der Waals surface area contributed by atoms with Gasteiger partial charge in [0.1, 0.15) is 0 Å². The monoisotopic (exact) mass is 512 g/mol. The molecule has 9 heteroatoms. The first-order valence-electron chi connectivity index (χ1n) is 7.61. The third kappa shape index (κ3) is 4.25. The smallest absolute Gasteiger partial charge is 0.285 e. The number of benzene rings is 2. The molecular weight excluding hydrogens is 499 g/mol. The molecule has 138 valence electrons. The van der Waals surface area contributed by atoms with Crippen molar-refractivity contribution >= 4 is 68.8 Å². The number of phenols is 1. The fourth-order valence-corrected chi connectivity index (χ4v) is 4.11. The number of amides is 2. The summed E-state index contributed by atoms with van der Waals surface area (Å²) in [5.74, 6) is -0.496. The maximum absolute atomic E-state index is 12.6. The number of aromatic hydroxyl groups is 1. The normalized spacial score (nSPS) is 15.3. The van der Waals surface area contributed by atoms with Crippen LogP contribution in [0.5, 0.6) is 11.5 Å². The highest BCUT2D eigenvalue weighted by Crippen LogP contribution is 2.36. The average Bonchev–Trinajstić information content (AvgIpc) is 2.92. The molecule has 2 aromatic rings. The molecule has 1 aliphatic heterocycles. The predicted octanol–water partition coefficient (Wildman–Crippen LogP) is 3.55. The minimum absolute atomic E-state index is 0.0397. The van der Waals surface area contributed by atoms with E-state index >= 15 is 0 Å².